The molecular weight excluding hydrogens is 518 g/mol. The van der Waals surface area contributed by atoms with Gasteiger partial charge in [0.15, 0.2) is 11.5 Å². The van der Waals surface area contributed by atoms with Gasteiger partial charge < -0.3 is 14.8 Å². The molecule has 1 atom stereocenters. The topological polar surface area (TPSA) is 98.6 Å². The fourth-order valence-electron chi connectivity index (χ4n) is 4.82. The Morgan fingerprint density at radius 2 is 1.59 bits per heavy atom. The number of fused-ring (bicyclic) bond motifs is 1. The fourth-order valence-corrected chi connectivity index (χ4v) is 4.82. The summed E-state index contributed by atoms with van der Waals surface area (Å²) in [6.07, 6.45) is 0. The number of ether oxygens (including phenoxy) is 2. The summed E-state index contributed by atoms with van der Waals surface area (Å²) in [4.78, 5) is 29.9. The van der Waals surface area contributed by atoms with Gasteiger partial charge in [-0.05, 0) is 47.9 Å². The van der Waals surface area contributed by atoms with Crippen LogP contribution in [0.1, 0.15) is 22.7 Å². The Morgan fingerprint density at radius 1 is 0.878 bits per heavy atom. The van der Waals surface area contributed by atoms with Crippen LogP contribution >= 0.6 is 0 Å². The summed E-state index contributed by atoms with van der Waals surface area (Å²) in [5.74, 6) is 0.264. The number of nitrogens with one attached hydrogen (secondary N) is 1. The number of aryl methyl sites for hydroxylation is 1. The Balaban J connectivity index is 1.61. The minimum Gasteiger partial charge on any atom is -0.493 e. The second-order valence-corrected chi connectivity index (χ2v) is 9.50. The van der Waals surface area contributed by atoms with Gasteiger partial charge in [-0.15, -0.1) is 5.10 Å². The number of rotatable bonds is 10. The fraction of sp³-hybridized carbons (Fsp3) is 0.188. The lowest BCUT2D eigenvalue weighted by Gasteiger charge is -2.32. The van der Waals surface area contributed by atoms with Crippen molar-refractivity contribution in [2.45, 2.75) is 26.1 Å². The Labute approximate surface area is 238 Å². The number of amides is 2. The van der Waals surface area contributed by atoms with Crippen molar-refractivity contribution in [1.82, 2.24) is 20.3 Å². The summed E-state index contributed by atoms with van der Waals surface area (Å²) in [7, 11) is 3.07. The highest BCUT2D eigenvalue weighted by Gasteiger charge is 2.34. The summed E-state index contributed by atoms with van der Waals surface area (Å²) in [6.45, 7) is 2.10. The molecule has 9 nitrogen and oxygen atoms in total. The molecule has 0 saturated carbocycles. The van der Waals surface area contributed by atoms with Crippen LogP contribution < -0.4 is 19.7 Å². The van der Waals surface area contributed by atoms with E-state index in [4.69, 9.17) is 9.47 Å². The summed E-state index contributed by atoms with van der Waals surface area (Å²) >= 11 is 0. The molecule has 1 N–H and O–H groups in total. The molecular formula is C32H31N5O4. The summed E-state index contributed by atoms with van der Waals surface area (Å²) < 4.78 is 12.5. The molecule has 2 amide bonds. The van der Waals surface area contributed by atoms with Gasteiger partial charge in [0.1, 0.15) is 18.1 Å². The Hall–Kier alpha value is -5.18. The first-order valence-electron chi connectivity index (χ1n) is 13.2. The number of hydrogen-bond donors (Lipinski definition) is 1. The van der Waals surface area contributed by atoms with Gasteiger partial charge in [-0.25, -0.2) is 4.68 Å². The molecule has 0 aliphatic carbocycles. The number of aromatic nitrogens is 3. The van der Waals surface area contributed by atoms with Crippen LogP contribution in [0.4, 0.5) is 5.69 Å². The molecule has 1 aromatic heterocycles. The number of para-hydroxylation sites is 1. The predicted octanol–water partition coefficient (Wildman–Crippen LogP) is 4.85. The van der Waals surface area contributed by atoms with Crippen LogP contribution in [0, 0.1) is 6.92 Å². The molecule has 5 rings (SSSR count). The first-order chi connectivity index (χ1) is 20.0. The lowest BCUT2D eigenvalue weighted by atomic mass is 9.98. The second-order valence-electron chi connectivity index (χ2n) is 9.50. The van der Waals surface area contributed by atoms with Gasteiger partial charge in [-0.2, -0.15) is 0 Å². The van der Waals surface area contributed by atoms with Crippen molar-refractivity contribution >= 4 is 28.5 Å². The molecule has 0 fully saturated rings. The summed E-state index contributed by atoms with van der Waals surface area (Å²) in [5.41, 5.74) is 4.38. The van der Waals surface area contributed by atoms with Crippen LogP contribution in [-0.2, 0) is 22.7 Å². The van der Waals surface area contributed by atoms with Gasteiger partial charge in [-0.3, -0.25) is 14.5 Å². The summed E-state index contributed by atoms with van der Waals surface area (Å²) in [5, 5.41) is 11.5. The van der Waals surface area contributed by atoms with Crippen LogP contribution in [0.2, 0.25) is 0 Å². The molecule has 0 unspecified atom stereocenters. The van der Waals surface area contributed by atoms with E-state index in [9.17, 15) is 9.59 Å². The van der Waals surface area contributed by atoms with E-state index in [-0.39, 0.29) is 18.4 Å². The molecule has 5 aromatic rings. The maximum absolute atomic E-state index is 14.3. The van der Waals surface area contributed by atoms with Crippen LogP contribution in [0.25, 0.3) is 11.0 Å². The van der Waals surface area contributed by atoms with Crippen LogP contribution in [0.15, 0.2) is 97.1 Å². The van der Waals surface area contributed by atoms with Crippen molar-refractivity contribution in [2.24, 2.45) is 0 Å². The minimum atomic E-state index is -0.986. The lowest BCUT2D eigenvalue weighted by molar-refractivity contribution is -0.127. The lowest BCUT2D eigenvalue weighted by Crippen LogP contribution is -2.45. The smallest absolute Gasteiger partial charge is 0.249 e. The van der Waals surface area contributed by atoms with Crippen molar-refractivity contribution in [3.8, 4) is 11.5 Å². The van der Waals surface area contributed by atoms with Crippen molar-refractivity contribution in [3.05, 3.63) is 114 Å². The van der Waals surface area contributed by atoms with E-state index >= 15 is 0 Å². The highest BCUT2D eigenvalue weighted by molar-refractivity contribution is 6.02. The average molecular weight is 550 g/mol. The van der Waals surface area contributed by atoms with Crippen LogP contribution in [0.5, 0.6) is 11.5 Å². The standard InChI is InChI=1S/C32H31N5O4/c1-22-11-7-8-14-25(22)31(32(39)33-20-23-12-5-4-6-13-23)37(24-17-18-28(40-2)29(19-24)41-3)30(38)21-36-27-16-10-9-15-26(27)34-35-36/h4-19,31H,20-21H2,1-3H3,(H,33,39)/t31-/m0/s1. The monoisotopic (exact) mass is 549 g/mol. The van der Waals surface area contributed by atoms with E-state index in [1.807, 2.05) is 85.8 Å². The molecule has 4 aromatic carbocycles. The average Bonchev–Trinajstić information content (AvgIpc) is 3.41. The van der Waals surface area contributed by atoms with Gasteiger partial charge in [0.25, 0.3) is 0 Å². The number of carbonyl (C=O) groups is 2. The molecule has 208 valence electrons. The van der Waals surface area contributed by atoms with E-state index in [1.165, 1.54) is 12.0 Å². The van der Waals surface area contributed by atoms with Crippen molar-refractivity contribution in [2.75, 3.05) is 19.1 Å². The third kappa shape index (κ3) is 5.89. The maximum Gasteiger partial charge on any atom is 0.249 e. The van der Waals surface area contributed by atoms with Gasteiger partial charge in [0.05, 0.1) is 19.7 Å². The molecule has 0 aliphatic rings. The minimum absolute atomic E-state index is 0.136. The van der Waals surface area contributed by atoms with Crippen molar-refractivity contribution in [3.63, 3.8) is 0 Å². The zero-order chi connectivity index (χ0) is 28.8. The Bertz CT molecular complexity index is 1670. The molecule has 41 heavy (non-hydrogen) atoms. The molecule has 0 aliphatic heterocycles. The zero-order valence-corrected chi connectivity index (χ0v) is 23.2. The molecule has 9 heteroatoms. The summed E-state index contributed by atoms with van der Waals surface area (Å²) in [6, 6.07) is 28.8. The number of benzene rings is 4. The number of hydrogen-bond acceptors (Lipinski definition) is 6. The third-order valence-electron chi connectivity index (χ3n) is 6.92. The number of anilines is 1. The first kappa shape index (κ1) is 27.4. The highest BCUT2D eigenvalue weighted by Crippen LogP contribution is 2.36. The van der Waals surface area contributed by atoms with Crippen molar-refractivity contribution in [1.29, 1.82) is 0 Å². The number of methoxy groups -OCH3 is 2. The predicted molar refractivity (Wildman–Crippen MR) is 157 cm³/mol. The van der Waals surface area contributed by atoms with Crippen LogP contribution in [-0.4, -0.2) is 41.0 Å². The Morgan fingerprint density at radius 3 is 2.34 bits per heavy atom. The third-order valence-corrected chi connectivity index (χ3v) is 6.92. The highest BCUT2D eigenvalue weighted by atomic mass is 16.5. The molecule has 0 radical (unpaired) electrons. The number of carbonyl (C=O) groups excluding carboxylic acids is 2. The Kier molecular flexibility index (Phi) is 8.24. The second kappa shape index (κ2) is 12.3. The zero-order valence-electron chi connectivity index (χ0n) is 23.2. The van der Waals surface area contributed by atoms with Gasteiger partial charge in [0, 0.05) is 18.3 Å². The first-order valence-corrected chi connectivity index (χ1v) is 13.2. The van der Waals surface area contributed by atoms with E-state index in [0.717, 1.165) is 11.1 Å². The van der Waals surface area contributed by atoms with E-state index < -0.39 is 6.04 Å². The molecule has 1 heterocycles. The molecule has 0 bridgehead atoms. The van der Waals surface area contributed by atoms with Gasteiger partial charge in [-0.1, -0.05) is 71.9 Å². The largest absolute Gasteiger partial charge is 0.493 e. The van der Waals surface area contributed by atoms with Crippen LogP contribution in [0.3, 0.4) is 0 Å². The van der Waals surface area contributed by atoms with Gasteiger partial charge >= 0.3 is 0 Å². The molecule has 0 spiro atoms. The van der Waals surface area contributed by atoms with Crippen molar-refractivity contribution < 1.29 is 19.1 Å². The maximum atomic E-state index is 14.3. The normalized spacial score (nSPS) is 11.6. The number of nitrogens with zero attached hydrogens (tertiary/aromatic N) is 4. The SMILES string of the molecule is COc1ccc(N(C(=O)Cn2nnc3ccccc32)[C@H](C(=O)NCc2ccccc2)c2ccccc2C)cc1OC. The van der Waals surface area contributed by atoms with E-state index in [2.05, 4.69) is 15.6 Å². The quantitative estimate of drug-likeness (QED) is 0.268. The van der Waals surface area contributed by atoms with E-state index in [1.54, 1.807) is 30.0 Å². The van der Waals surface area contributed by atoms with E-state index in [0.29, 0.717) is 40.3 Å². The van der Waals surface area contributed by atoms with Gasteiger partial charge in [0.2, 0.25) is 11.8 Å². The molecule has 0 saturated heterocycles.